The molecule has 11 heteroatoms. The number of hydrogen-bond acceptors (Lipinski definition) is 4. The van der Waals surface area contributed by atoms with Crippen LogP contribution in [0.5, 0.6) is 0 Å². The summed E-state index contributed by atoms with van der Waals surface area (Å²) in [6.45, 7) is -0.180. The van der Waals surface area contributed by atoms with Crippen LogP contribution >= 0.6 is 23.2 Å². The van der Waals surface area contributed by atoms with Gasteiger partial charge in [-0.1, -0.05) is 29.3 Å². The summed E-state index contributed by atoms with van der Waals surface area (Å²) in [5.74, 6) is -0.657. The SMILES string of the molecule is O=S(=O)(c1cccc(F)c1)N1CCN(S(=O)(=O)c2cc(Cl)cc(Cl)c2)CC1. The lowest BCUT2D eigenvalue weighted by atomic mass is 10.4. The summed E-state index contributed by atoms with van der Waals surface area (Å²) in [6, 6.07) is 8.70. The quantitative estimate of drug-likeness (QED) is 0.714. The molecule has 1 aliphatic heterocycles. The van der Waals surface area contributed by atoms with E-state index >= 15 is 0 Å². The predicted molar refractivity (Wildman–Crippen MR) is 100 cm³/mol. The minimum absolute atomic E-state index is 0.0407. The Balaban J connectivity index is 1.78. The molecule has 0 N–H and O–H groups in total. The molecule has 0 saturated carbocycles. The fourth-order valence-corrected chi connectivity index (χ4v) is 6.36. The second-order valence-corrected chi connectivity index (χ2v) is 10.6. The minimum atomic E-state index is -3.90. The highest BCUT2D eigenvalue weighted by molar-refractivity contribution is 7.89. The molecule has 1 aliphatic rings. The van der Waals surface area contributed by atoms with Gasteiger partial charge in [0.25, 0.3) is 0 Å². The number of hydrogen-bond donors (Lipinski definition) is 0. The van der Waals surface area contributed by atoms with Crippen molar-refractivity contribution in [2.45, 2.75) is 9.79 Å². The molecule has 0 spiro atoms. The van der Waals surface area contributed by atoms with Crippen LogP contribution in [0.1, 0.15) is 0 Å². The highest BCUT2D eigenvalue weighted by atomic mass is 35.5. The van der Waals surface area contributed by atoms with Crippen LogP contribution < -0.4 is 0 Å². The van der Waals surface area contributed by atoms with Crippen LogP contribution in [0.2, 0.25) is 10.0 Å². The van der Waals surface area contributed by atoms with Gasteiger partial charge in [0.2, 0.25) is 20.0 Å². The van der Waals surface area contributed by atoms with Crippen LogP contribution in [0, 0.1) is 5.82 Å². The van der Waals surface area contributed by atoms with Gasteiger partial charge in [0.05, 0.1) is 9.79 Å². The van der Waals surface area contributed by atoms with Gasteiger partial charge in [-0.15, -0.1) is 0 Å². The van der Waals surface area contributed by atoms with E-state index in [-0.39, 0.29) is 46.0 Å². The van der Waals surface area contributed by atoms with Crippen molar-refractivity contribution in [1.82, 2.24) is 8.61 Å². The zero-order valence-corrected chi connectivity index (χ0v) is 17.0. The second kappa shape index (κ2) is 7.65. The van der Waals surface area contributed by atoms with Crippen molar-refractivity contribution in [3.05, 3.63) is 58.3 Å². The molecule has 27 heavy (non-hydrogen) atoms. The van der Waals surface area contributed by atoms with Crippen molar-refractivity contribution in [2.75, 3.05) is 26.2 Å². The lowest BCUT2D eigenvalue weighted by molar-refractivity contribution is 0.272. The Hall–Kier alpha value is -1.23. The van der Waals surface area contributed by atoms with E-state index in [9.17, 15) is 21.2 Å². The summed E-state index contributed by atoms with van der Waals surface area (Å²) in [6.07, 6.45) is 0. The zero-order chi connectivity index (χ0) is 19.8. The molecule has 1 fully saturated rings. The van der Waals surface area contributed by atoms with Crippen molar-refractivity contribution >= 4 is 43.2 Å². The molecule has 2 aromatic rings. The van der Waals surface area contributed by atoms with Crippen molar-refractivity contribution in [1.29, 1.82) is 0 Å². The lowest BCUT2D eigenvalue weighted by Crippen LogP contribution is -2.50. The number of halogens is 3. The Labute approximate surface area is 167 Å². The second-order valence-electron chi connectivity index (χ2n) is 5.87. The van der Waals surface area contributed by atoms with Crippen molar-refractivity contribution in [3.8, 4) is 0 Å². The molecule has 0 radical (unpaired) electrons. The first-order valence-electron chi connectivity index (χ1n) is 7.83. The molecule has 1 heterocycles. The van der Waals surface area contributed by atoms with Crippen LogP contribution in [-0.2, 0) is 20.0 Å². The molecule has 1 saturated heterocycles. The summed E-state index contributed by atoms with van der Waals surface area (Å²) in [5.41, 5.74) is 0. The molecule has 0 bridgehead atoms. The van der Waals surface area contributed by atoms with Gasteiger partial charge >= 0.3 is 0 Å². The van der Waals surface area contributed by atoms with E-state index in [2.05, 4.69) is 0 Å². The van der Waals surface area contributed by atoms with E-state index in [4.69, 9.17) is 23.2 Å². The van der Waals surface area contributed by atoms with Gasteiger partial charge in [0.15, 0.2) is 0 Å². The Morgan fingerprint density at radius 1 is 0.741 bits per heavy atom. The van der Waals surface area contributed by atoms with Crippen molar-refractivity contribution in [2.24, 2.45) is 0 Å². The minimum Gasteiger partial charge on any atom is -0.207 e. The molecule has 0 atom stereocenters. The topological polar surface area (TPSA) is 74.8 Å². The Morgan fingerprint density at radius 3 is 1.70 bits per heavy atom. The fourth-order valence-electron chi connectivity index (χ4n) is 2.75. The first-order chi connectivity index (χ1) is 12.6. The van der Waals surface area contributed by atoms with Gasteiger partial charge in [-0.2, -0.15) is 8.61 Å². The molecule has 3 rings (SSSR count). The maximum absolute atomic E-state index is 13.3. The van der Waals surface area contributed by atoms with Crippen molar-refractivity contribution in [3.63, 3.8) is 0 Å². The average molecular weight is 453 g/mol. The molecular formula is C16H15Cl2FN2O4S2. The van der Waals surface area contributed by atoms with Crippen LogP contribution in [0.25, 0.3) is 0 Å². The molecule has 2 aromatic carbocycles. The maximum atomic E-state index is 13.3. The molecule has 6 nitrogen and oxygen atoms in total. The van der Waals surface area contributed by atoms with Crippen LogP contribution in [0.3, 0.4) is 0 Å². The molecule has 0 aliphatic carbocycles. The molecule has 0 aromatic heterocycles. The molecule has 0 unspecified atom stereocenters. The standard InChI is InChI=1S/C16H15Cl2FN2O4S2/c17-12-8-13(18)10-16(9-12)27(24,25)21-6-4-20(5-7-21)26(22,23)15-3-1-2-14(19)11-15/h1-3,8-11H,4-7H2. The number of piperazine rings is 1. The summed E-state index contributed by atoms with van der Waals surface area (Å²) in [7, 11) is -7.77. The number of benzene rings is 2. The van der Waals surface area contributed by atoms with Gasteiger partial charge in [0.1, 0.15) is 5.82 Å². The van der Waals surface area contributed by atoms with E-state index in [1.807, 2.05) is 0 Å². The smallest absolute Gasteiger partial charge is 0.207 e. The summed E-state index contributed by atoms with van der Waals surface area (Å²) < 4.78 is 66.4. The third-order valence-electron chi connectivity index (χ3n) is 4.11. The number of nitrogens with zero attached hydrogens (tertiary/aromatic N) is 2. The van der Waals surface area contributed by atoms with E-state index in [1.165, 1.54) is 34.6 Å². The van der Waals surface area contributed by atoms with Gasteiger partial charge in [0, 0.05) is 36.2 Å². The molecule has 146 valence electrons. The van der Waals surface area contributed by atoms with E-state index in [0.29, 0.717) is 0 Å². The predicted octanol–water partition coefficient (Wildman–Crippen LogP) is 2.83. The van der Waals surface area contributed by atoms with E-state index in [1.54, 1.807) is 0 Å². The van der Waals surface area contributed by atoms with Gasteiger partial charge in [-0.3, -0.25) is 0 Å². The van der Waals surface area contributed by atoms with Crippen molar-refractivity contribution < 1.29 is 21.2 Å². The fraction of sp³-hybridized carbons (Fsp3) is 0.250. The number of sulfonamides is 2. The third-order valence-corrected chi connectivity index (χ3v) is 8.31. The first kappa shape index (κ1) is 20.5. The first-order valence-corrected chi connectivity index (χ1v) is 11.5. The Bertz CT molecular complexity index is 1050. The van der Waals surface area contributed by atoms with E-state index in [0.717, 1.165) is 16.4 Å². The van der Waals surface area contributed by atoms with Crippen LogP contribution in [0.4, 0.5) is 4.39 Å². The largest absolute Gasteiger partial charge is 0.243 e. The van der Waals surface area contributed by atoms with Gasteiger partial charge in [-0.25, -0.2) is 21.2 Å². The molecule has 0 amide bonds. The maximum Gasteiger partial charge on any atom is 0.243 e. The van der Waals surface area contributed by atoms with Crippen LogP contribution in [0.15, 0.2) is 52.3 Å². The highest BCUT2D eigenvalue weighted by Gasteiger charge is 2.34. The lowest BCUT2D eigenvalue weighted by Gasteiger charge is -2.33. The zero-order valence-electron chi connectivity index (χ0n) is 13.8. The van der Waals surface area contributed by atoms with Gasteiger partial charge < -0.3 is 0 Å². The summed E-state index contributed by atoms with van der Waals surface area (Å²) >= 11 is 11.7. The Kier molecular flexibility index (Phi) is 5.81. The summed E-state index contributed by atoms with van der Waals surface area (Å²) in [4.78, 5) is -0.220. The third kappa shape index (κ3) is 4.28. The summed E-state index contributed by atoms with van der Waals surface area (Å²) in [5, 5.41) is 0.377. The molecular weight excluding hydrogens is 438 g/mol. The van der Waals surface area contributed by atoms with Crippen LogP contribution in [-0.4, -0.2) is 51.6 Å². The Morgan fingerprint density at radius 2 is 1.22 bits per heavy atom. The highest BCUT2D eigenvalue weighted by Crippen LogP contribution is 2.26. The monoisotopic (exact) mass is 452 g/mol. The van der Waals surface area contributed by atoms with E-state index < -0.39 is 25.9 Å². The number of rotatable bonds is 4. The average Bonchev–Trinajstić information content (AvgIpc) is 2.61. The van der Waals surface area contributed by atoms with Gasteiger partial charge in [-0.05, 0) is 36.4 Å². The normalized spacial score (nSPS) is 17.1.